The lowest BCUT2D eigenvalue weighted by Crippen LogP contribution is -2.31. The lowest BCUT2D eigenvalue weighted by molar-refractivity contribution is 0.497. The molecule has 114 valence electrons. The van der Waals surface area contributed by atoms with Crippen molar-refractivity contribution in [2.45, 2.75) is 46.2 Å². The molecule has 1 aromatic carbocycles. The van der Waals surface area contributed by atoms with Gasteiger partial charge in [0.2, 0.25) is 0 Å². The molecule has 2 aromatic rings. The van der Waals surface area contributed by atoms with Crippen LogP contribution in [-0.4, -0.2) is 16.1 Å². The predicted molar refractivity (Wildman–Crippen MR) is 88.0 cm³/mol. The van der Waals surface area contributed by atoms with Crippen LogP contribution in [0, 0.1) is 0 Å². The number of hydrogen-bond acceptors (Lipinski definition) is 3. The molecule has 0 aliphatic rings. The second kappa shape index (κ2) is 7.05. The van der Waals surface area contributed by atoms with Gasteiger partial charge in [-0.1, -0.05) is 24.9 Å². The van der Waals surface area contributed by atoms with Gasteiger partial charge in [0, 0.05) is 11.6 Å². The summed E-state index contributed by atoms with van der Waals surface area (Å²) in [5, 5.41) is 4.57. The molecule has 1 N–H and O–H groups in total. The van der Waals surface area contributed by atoms with Crippen molar-refractivity contribution in [2.75, 3.05) is 6.54 Å². The van der Waals surface area contributed by atoms with Gasteiger partial charge < -0.3 is 5.32 Å². The molecule has 1 heterocycles. The van der Waals surface area contributed by atoms with Gasteiger partial charge in [0.1, 0.15) is 5.82 Å². The molecule has 0 fully saturated rings. The molecule has 0 spiro atoms. The van der Waals surface area contributed by atoms with Crippen LogP contribution in [0.2, 0.25) is 5.02 Å². The van der Waals surface area contributed by atoms with Crippen LogP contribution in [0.15, 0.2) is 23.0 Å². The SMILES string of the molecule is CCCCN[C@H](C)c1nc2ccc(Cl)cc2c(=O)n1CC. The number of halogens is 1. The molecule has 0 amide bonds. The van der Waals surface area contributed by atoms with E-state index in [0.717, 1.165) is 25.2 Å². The molecule has 0 aliphatic heterocycles. The molecule has 4 nitrogen and oxygen atoms in total. The maximum Gasteiger partial charge on any atom is 0.261 e. The Morgan fingerprint density at radius 1 is 1.38 bits per heavy atom. The number of aromatic nitrogens is 2. The van der Waals surface area contributed by atoms with Gasteiger partial charge in [-0.3, -0.25) is 9.36 Å². The first-order valence-corrected chi connectivity index (χ1v) is 7.89. The summed E-state index contributed by atoms with van der Waals surface area (Å²) in [5.74, 6) is 0.786. The Kier molecular flexibility index (Phi) is 5.37. The zero-order chi connectivity index (χ0) is 15.4. The van der Waals surface area contributed by atoms with Gasteiger partial charge in [-0.2, -0.15) is 0 Å². The van der Waals surface area contributed by atoms with Gasteiger partial charge >= 0.3 is 0 Å². The first kappa shape index (κ1) is 16.0. The van der Waals surface area contributed by atoms with E-state index in [9.17, 15) is 4.79 Å². The van der Waals surface area contributed by atoms with Gasteiger partial charge in [0.25, 0.3) is 5.56 Å². The molecule has 21 heavy (non-hydrogen) atoms. The first-order chi connectivity index (χ1) is 10.1. The summed E-state index contributed by atoms with van der Waals surface area (Å²) >= 11 is 5.98. The maximum absolute atomic E-state index is 12.6. The molecule has 5 heteroatoms. The van der Waals surface area contributed by atoms with E-state index < -0.39 is 0 Å². The van der Waals surface area contributed by atoms with E-state index in [1.807, 2.05) is 13.8 Å². The van der Waals surface area contributed by atoms with E-state index in [1.54, 1.807) is 22.8 Å². The second-order valence-electron chi connectivity index (χ2n) is 5.21. The Balaban J connectivity index is 2.48. The highest BCUT2D eigenvalue weighted by atomic mass is 35.5. The van der Waals surface area contributed by atoms with Gasteiger partial charge in [-0.15, -0.1) is 0 Å². The Bertz CT molecular complexity index is 681. The Morgan fingerprint density at radius 2 is 2.14 bits per heavy atom. The number of unbranched alkanes of at least 4 members (excludes halogenated alkanes) is 1. The molecular formula is C16H22ClN3O. The average Bonchev–Trinajstić information content (AvgIpc) is 2.48. The highest BCUT2D eigenvalue weighted by molar-refractivity contribution is 6.31. The van der Waals surface area contributed by atoms with Gasteiger partial charge in [-0.05, 0) is 45.0 Å². The standard InChI is InChI=1S/C16H22ClN3O/c1-4-6-9-18-11(3)15-19-14-8-7-12(17)10-13(14)16(21)20(15)5-2/h7-8,10-11,18H,4-6,9H2,1-3H3/t11-/m1/s1. The number of hydrogen-bond donors (Lipinski definition) is 1. The normalized spacial score (nSPS) is 12.8. The minimum Gasteiger partial charge on any atom is -0.308 e. The van der Waals surface area contributed by atoms with E-state index >= 15 is 0 Å². The molecule has 1 aromatic heterocycles. The summed E-state index contributed by atoms with van der Waals surface area (Å²) in [4.78, 5) is 17.3. The maximum atomic E-state index is 12.6. The highest BCUT2D eigenvalue weighted by Gasteiger charge is 2.15. The molecular weight excluding hydrogens is 286 g/mol. The van der Waals surface area contributed by atoms with E-state index in [2.05, 4.69) is 17.2 Å². The minimum absolute atomic E-state index is 0.0239. The molecule has 0 saturated carbocycles. The summed E-state index contributed by atoms with van der Waals surface area (Å²) in [5.41, 5.74) is 0.678. The van der Waals surface area contributed by atoms with Crippen molar-refractivity contribution < 1.29 is 0 Å². The summed E-state index contributed by atoms with van der Waals surface area (Å²) in [6.07, 6.45) is 2.26. The quantitative estimate of drug-likeness (QED) is 0.831. The zero-order valence-electron chi connectivity index (χ0n) is 12.8. The second-order valence-corrected chi connectivity index (χ2v) is 5.65. The fourth-order valence-corrected chi connectivity index (χ4v) is 2.61. The van der Waals surface area contributed by atoms with Gasteiger partial charge in [0.15, 0.2) is 0 Å². The van der Waals surface area contributed by atoms with E-state index in [1.165, 1.54) is 0 Å². The fraction of sp³-hybridized carbons (Fsp3) is 0.500. The Labute approximate surface area is 130 Å². The van der Waals surface area contributed by atoms with Crippen LogP contribution < -0.4 is 10.9 Å². The average molecular weight is 308 g/mol. The van der Waals surface area contributed by atoms with Crippen LogP contribution in [0.4, 0.5) is 0 Å². The Morgan fingerprint density at radius 3 is 2.81 bits per heavy atom. The summed E-state index contributed by atoms with van der Waals surface area (Å²) < 4.78 is 1.72. The topological polar surface area (TPSA) is 46.9 Å². The third kappa shape index (κ3) is 3.44. The van der Waals surface area contributed by atoms with Crippen molar-refractivity contribution in [1.29, 1.82) is 0 Å². The summed E-state index contributed by atoms with van der Waals surface area (Å²) in [6, 6.07) is 5.31. The minimum atomic E-state index is -0.0239. The Hall–Kier alpha value is -1.39. The smallest absolute Gasteiger partial charge is 0.261 e. The van der Waals surface area contributed by atoms with Crippen molar-refractivity contribution >= 4 is 22.5 Å². The molecule has 0 bridgehead atoms. The lowest BCUT2D eigenvalue weighted by Gasteiger charge is -2.18. The third-order valence-electron chi connectivity index (χ3n) is 3.63. The number of nitrogens with zero attached hydrogens (tertiary/aromatic N) is 2. The highest BCUT2D eigenvalue weighted by Crippen LogP contribution is 2.17. The van der Waals surface area contributed by atoms with Crippen molar-refractivity contribution in [2.24, 2.45) is 0 Å². The largest absolute Gasteiger partial charge is 0.308 e. The van der Waals surface area contributed by atoms with Crippen LogP contribution in [0.1, 0.15) is 45.5 Å². The number of rotatable bonds is 6. The number of fused-ring (bicyclic) bond motifs is 1. The van der Waals surface area contributed by atoms with Crippen molar-refractivity contribution in [1.82, 2.24) is 14.9 Å². The van der Waals surface area contributed by atoms with Crippen LogP contribution >= 0.6 is 11.6 Å². The zero-order valence-corrected chi connectivity index (χ0v) is 13.6. The lowest BCUT2D eigenvalue weighted by atomic mass is 10.2. The molecule has 0 aliphatic carbocycles. The monoisotopic (exact) mass is 307 g/mol. The fourth-order valence-electron chi connectivity index (χ4n) is 2.43. The molecule has 0 radical (unpaired) electrons. The number of nitrogens with one attached hydrogen (secondary N) is 1. The summed E-state index contributed by atoms with van der Waals surface area (Å²) in [7, 11) is 0. The predicted octanol–water partition coefficient (Wildman–Crippen LogP) is 3.52. The third-order valence-corrected chi connectivity index (χ3v) is 3.87. The van der Waals surface area contributed by atoms with Crippen molar-refractivity contribution in [3.63, 3.8) is 0 Å². The van der Waals surface area contributed by atoms with Gasteiger partial charge in [-0.25, -0.2) is 4.98 Å². The van der Waals surface area contributed by atoms with E-state index in [0.29, 0.717) is 22.5 Å². The summed E-state index contributed by atoms with van der Waals surface area (Å²) in [6.45, 7) is 7.69. The van der Waals surface area contributed by atoms with E-state index in [-0.39, 0.29) is 11.6 Å². The first-order valence-electron chi connectivity index (χ1n) is 7.51. The van der Waals surface area contributed by atoms with Crippen LogP contribution in [-0.2, 0) is 6.54 Å². The van der Waals surface area contributed by atoms with Crippen LogP contribution in [0.3, 0.4) is 0 Å². The molecule has 1 atom stereocenters. The number of benzene rings is 1. The molecule has 0 unspecified atom stereocenters. The van der Waals surface area contributed by atoms with Crippen LogP contribution in [0.5, 0.6) is 0 Å². The van der Waals surface area contributed by atoms with Gasteiger partial charge in [0.05, 0.1) is 16.9 Å². The molecule has 0 saturated heterocycles. The van der Waals surface area contributed by atoms with E-state index in [4.69, 9.17) is 11.6 Å². The van der Waals surface area contributed by atoms with Crippen LogP contribution in [0.25, 0.3) is 10.9 Å². The molecule has 2 rings (SSSR count). The van der Waals surface area contributed by atoms with Crippen molar-refractivity contribution in [3.8, 4) is 0 Å². The van der Waals surface area contributed by atoms with Crippen molar-refractivity contribution in [3.05, 3.63) is 39.4 Å².